The minimum Gasteiger partial charge on any atom is -0.493 e. The molecular formula is C17H20N2O2. The summed E-state index contributed by atoms with van der Waals surface area (Å²) >= 11 is 0. The van der Waals surface area contributed by atoms with Crippen LogP contribution in [0.1, 0.15) is 23.1 Å². The molecule has 0 saturated heterocycles. The largest absolute Gasteiger partial charge is 0.493 e. The Balaban J connectivity index is 1.80. The second-order valence-corrected chi connectivity index (χ2v) is 5.11. The van der Waals surface area contributed by atoms with Crippen molar-refractivity contribution < 1.29 is 9.53 Å². The smallest absolute Gasteiger partial charge is 0.228 e. The second kappa shape index (κ2) is 6.88. The number of benzene rings is 1. The normalized spacial score (nSPS) is 10.2. The quantitative estimate of drug-likeness (QED) is 0.915. The van der Waals surface area contributed by atoms with E-state index in [1.807, 2.05) is 44.2 Å². The predicted molar refractivity (Wildman–Crippen MR) is 83.6 cm³/mol. The molecule has 0 aliphatic rings. The Kier molecular flexibility index (Phi) is 4.93. The summed E-state index contributed by atoms with van der Waals surface area (Å²) in [7, 11) is 0. The molecule has 1 aromatic carbocycles. The molecule has 2 aromatic rings. The number of amides is 1. The molecule has 0 aliphatic carbocycles. The van der Waals surface area contributed by atoms with E-state index in [9.17, 15) is 4.79 Å². The maximum Gasteiger partial charge on any atom is 0.228 e. The molecule has 0 unspecified atom stereocenters. The van der Waals surface area contributed by atoms with Crippen molar-refractivity contribution in [2.24, 2.45) is 0 Å². The first-order chi connectivity index (χ1) is 10.0. The molecule has 0 bridgehead atoms. The van der Waals surface area contributed by atoms with Gasteiger partial charge in [-0.05, 0) is 61.7 Å². The Morgan fingerprint density at radius 3 is 2.67 bits per heavy atom. The number of hydrogen-bond acceptors (Lipinski definition) is 3. The zero-order valence-electron chi connectivity index (χ0n) is 12.6. The Morgan fingerprint density at radius 1 is 1.14 bits per heavy atom. The predicted octanol–water partition coefficient (Wildman–Crippen LogP) is 3.41. The Morgan fingerprint density at radius 2 is 1.95 bits per heavy atom. The van der Waals surface area contributed by atoms with E-state index in [4.69, 9.17) is 4.74 Å². The van der Waals surface area contributed by atoms with Crippen LogP contribution in [-0.2, 0) is 4.79 Å². The minimum atomic E-state index is -0.100. The molecule has 1 amide bonds. The first-order valence-electron chi connectivity index (χ1n) is 6.97. The number of rotatable bonds is 5. The molecule has 1 N–H and O–H groups in total. The summed E-state index contributed by atoms with van der Waals surface area (Å²) in [5.74, 6) is 1.27. The SMILES string of the molecule is Cc1ccnc(NC(=O)CCOc2ccc(C)c(C)c2)c1. The molecule has 1 heterocycles. The van der Waals surface area contributed by atoms with E-state index in [0.29, 0.717) is 18.8 Å². The maximum absolute atomic E-state index is 11.8. The molecule has 21 heavy (non-hydrogen) atoms. The van der Waals surface area contributed by atoms with Gasteiger partial charge in [0.2, 0.25) is 5.91 Å². The number of nitrogens with zero attached hydrogens (tertiary/aromatic N) is 1. The second-order valence-electron chi connectivity index (χ2n) is 5.11. The zero-order chi connectivity index (χ0) is 15.2. The van der Waals surface area contributed by atoms with Crippen LogP contribution in [0.4, 0.5) is 5.82 Å². The molecule has 4 nitrogen and oxygen atoms in total. The lowest BCUT2D eigenvalue weighted by Crippen LogP contribution is -2.16. The van der Waals surface area contributed by atoms with E-state index >= 15 is 0 Å². The van der Waals surface area contributed by atoms with Crippen molar-refractivity contribution in [3.05, 3.63) is 53.2 Å². The number of anilines is 1. The van der Waals surface area contributed by atoms with E-state index in [2.05, 4.69) is 17.2 Å². The molecule has 110 valence electrons. The summed E-state index contributed by atoms with van der Waals surface area (Å²) < 4.78 is 5.59. The highest BCUT2D eigenvalue weighted by Gasteiger charge is 2.04. The summed E-state index contributed by atoms with van der Waals surface area (Å²) in [6.45, 7) is 6.40. The van der Waals surface area contributed by atoms with Crippen LogP contribution >= 0.6 is 0 Å². The van der Waals surface area contributed by atoms with Crippen LogP contribution in [0.3, 0.4) is 0 Å². The van der Waals surface area contributed by atoms with E-state index < -0.39 is 0 Å². The molecule has 0 saturated carbocycles. The average molecular weight is 284 g/mol. The zero-order valence-corrected chi connectivity index (χ0v) is 12.6. The average Bonchev–Trinajstić information content (AvgIpc) is 2.43. The highest BCUT2D eigenvalue weighted by atomic mass is 16.5. The number of aryl methyl sites for hydroxylation is 3. The Labute approximate surface area is 125 Å². The highest BCUT2D eigenvalue weighted by molar-refractivity contribution is 5.89. The van der Waals surface area contributed by atoms with Gasteiger partial charge in [0.25, 0.3) is 0 Å². The fourth-order valence-corrected chi connectivity index (χ4v) is 1.88. The number of nitrogens with one attached hydrogen (secondary N) is 1. The van der Waals surface area contributed by atoms with Crippen LogP contribution in [0.2, 0.25) is 0 Å². The van der Waals surface area contributed by atoms with E-state index in [-0.39, 0.29) is 5.91 Å². The molecular weight excluding hydrogens is 264 g/mol. The molecule has 0 spiro atoms. The maximum atomic E-state index is 11.8. The van der Waals surface area contributed by atoms with Gasteiger partial charge >= 0.3 is 0 Å². The summed E-state index contributed by atoms with van der Waals surface area (Å²) in [5, 5.41) is 2.76. The van der Waals surface area contributed by atoms with Gasteiger partial charge in [0, 0.05) is 6.20 Å². The van der Waals surface area contributed by atoms with Gasteiger partial charge in [-0.15, -0.1) is 0 Å². The van der Waals surface area contributed by atoms with E-state index in [1.54, 1.807) is 6.20 Å². The fraction of sp³-hybridized carbons (Fsp3) is 0.294. The molecule has 0 radical (unpaired) electrons. The lowest BCUT2D eigenvalue weighted by atomic mass is 10.1. The summed E-state index contributed by atoms with van der Waals surface area (Å²) in [6, 6.07) is 9.64. The minimum absolute atomic E-state index is 0.100. The molecule has 2 rings (SSSR count). The van der Waals surface area contributed by atoms with Gasteiger partial charge in [0.05, 0.1) is 13.0 Å². The topological polar surface area (TPSA) is 51.2 Å². The van der Waals surface area contributed by atoms with Crippen molar-refractivity contribution in [3.8, 4) is 5.75 Å². The lowest BCUT2D eigenvalue weighted by Gasteiger charge is -2.08. The Bertz CT molecular complexity index is 638. The summed E-state index contributed by atoms with van der Waals surface area (Å²) in [6.07, 6.45) is 1.97. The standard InChI is InChI=1S/C17H20N2O2/c1-12-6-8-18-16(10-12)19-17(20)7-9-21-15-5-4-13(2)14(3)11-15/h4-6,8,10-11H,7,9H2,1-3H3,(H,18,19,20). The molecule has 4 heteroatoms. The van der Waals surface area contributed by atoms with Crippen LogP contribution in [0, 0.1) is 20.8 Å². The van der Waals surface area contributed by atoms with Crippen molar-refractivity contribution in [3.63, 3.8) is 0 Å². The van der Waals surface area contributed by atoms with Crippen LogP contribution in [-0.4, -0.2) is 17.5 Å². The molecule has 0 aliphatic heterocycles. The number of carbonyl (C=O) groups excluding carboxylic acids is 1. The number of ether oxygens (including phenoxy) is 1. The van der Waals surface area contributed by atoms with E-state index in [1.165, 1.54) is 11.1 Å². The fourth-order valence-electron chi connectivity index (χ4n) is 1.88. The molecule has 0 fully saturated rings. The van der Waals surface area contributed by atoms with Crippen LogP contribution < -0.4 is 10.1 Å². The van der Waals surface area contributed by atoms with Gasteiger partial charge in [0.1, 0.15) is 11.6 Å². The summed E-state index contributed by atoms with van der Waals surface area (Å²) in [5.41, 5.74) is 3.47. The van der Waals surface area contributed by atoms with Gasteiger partial charge in [-0.25, -0.2) is 4.98 Å². The van der Waals surface area contributed by atoms with E-state index in [0.717, 1.165) is 11.3 Å². The lowest BCUT2D eigenvalue weighted by molar-refractivity contribution is -0.116. The first-order valence-corrected chi connectivity index (χ1v) is 6.97. The van der Waals surface area contributed by atoms with Crippen molar-refractivity contribution in [2.75, 3.05) is 11.9 Å². The highest BCUT2D eigenvalue weighted by Crippen LogP contribution is 2.16. The third kappa shape index (κ3) is 4.60. The van der Waals surface area contributed by atoms with Crippen molar-refractivity contribution in [2.45, 2.75) is 27.2 Å². The third-order valence-corrected chi connectivity index (χ3v) is 3.26. The van der Waals surface area contributed by atoms with Crippen molar-refractivity contribution >= 4 is 11.7 Å². The number of carbonyl (C=O) groups is 1. The van der Waals surface area contributed by atoms with Crippen LogP contribution in [0.5, 0.6) is 5.75 Å². The van der Waals surface area contributed by atoms with Gasteiger partial charge in [-0.3, -0.25) is 4.79 Å². The monoisotopic (exact) mass is 284 g/mol. The van der Waals surface area contributed by atoms with Gasteiger partial charge in [-0.1, -0.05) is 6.07 Å². The van der Waals surface area contributed by atoms with Gasteiger partial charge < -0.3 is 10.1 Å². The number of hydrogen-bond donors (Lipinski definition) is 1. The van der Waals surface area contributed by atoms with Gasteiger partial charge in [0.15, 0.2) is 0 Å². The van der Waals surface area contributed by atoms with Crippen LogP contribution in [0.25, 0.3) is 0 Å². The molecule has 0 atom stereocenters. The van der Waals surface area contributed by atoms with Crippen molar-refractivity contribution in [1.82, 2.24) is 4.98 Å². The molecule has 1 aromatic heterocycles. The van der Waals surface area contributed by atoms with Crippen molar-refractivity contribution in [1.29, 1.82) is 0 Å². The number of pyridine rings is 1. The number of aromatic nitrogens is 1. The van der Waals surface area contributed by atoms with Crippen LogP contribution in [0.15, 0.2) is 36.5 Å². The van der Waals surface area contributed by atoms with Gasteiger partial charge in [-0.2, -0.15) is 0 Å². The Hall–Kier alpha value is -2.36. The summed E-state index contributed by atoms with van der Waals surface area (Å²) in [4.78, 5) is 15.9. The first kappa shape index (κ1) is 15.0. The third-order valence-electron chi connectivity index (χ3n) is 3.26.